The minimum absolute atomic E-state index is 0.332. The van der Waals surface area contributed by atoms with E-state index in [2.05, 4.69) is 17.4 Å². The molecule has 1 amide bonds. The number of ether oxygens (including phenoxy) is 1. The minimum Gasteiger partial charge on any atom is -0.491 e. The number of hydrogen-bond donors (Lipinski definition) is 2. The Bertz CT molecular complexity index is 418. The maximum absolute atomic E-state index is 11.5. The Morgan fingerprint density at radius 2 is 2.22 bits per heavy atom. The summed E-state index contributed by atoms with van der Waals surface area (Å²) in [5.74, 6) is 5.38. The molecule has 0 atom stereocenters. The van der Waals surface area contributed by atoms with E-state index in [1.165, 1.54) is 12.8 Å². The van der Waals surface area contributed by atoms with E-state index in [0.717, 1.165) is 12.6 Å². The molecule has 0 unspecified atom stereocenters. The van der Waals surface area contributed by atoms with Crippen molar-refractivity contribution in [2.75, 3.05) is 20.2 Å². The lowest BCUT2D eigenvalue weighted by molar-refractivity contribution is 0.0949. The van der Waals surface area contributed by atoms with E-state index >= 15 is 0 Å². The lowest BCUT2D eigenvalue weighted by atomic mass is 10.2. The molecule has 0 spiro atoms. The van der Waals surface area contributed by atoms with Gasteiger partial charge in [-0.05, 0) is 32.0 Å². The van der Waals surface area contributed by atoms with Crippen molar-refractivity contribution in [2.45, 2.75) is 18.9 Å². The number of nitrogens with one attached hydrogen (secondary N) is 1. The molecule has 0 heterocycles. The lowest BCUT2D eigenvalue weighted by Crippen LogP contribution is -2.31. The molecule has 0 bridgehead atoms. The van der Waals surface area contributed by atoms with Crippen molar-refractivity contribution in [1.29, 1.82) is 0 Å². The van der Waals surface area contributed by atoms with E-state index in [1.54, 1.807) is 18.2 Å². The second-order valence-corrected chi connectivity index (χ2v) is 4.53. The predicted octanol–water partition coefficient (Wildman–Crippen LogP) is 0.763. The summed E-state index contributed by atoms with van der Waals surface area (Å²) in [6.07, 6.45) is 2.56. The van der Waals surface area contributed by atoms with Crippen LogP contribution in [0.2, 0.25) is 0 Å². The summed E-state index contributed by atoms with van der Waals surface area (Å²) in [4.78, 5) is 13.8. The molecule has 18 heavy (non-hydrogen) atoms. The SMILES string of the molecule is CN(CCOc1ccccc1C(=O)NN)C1CC1. The fraction of sp³-hybridized carbons (Fsp3) is 0.462. The van der Waals surface area contributed by atoms with Gasteiger partial charge in [0, 0.05) is 12.6 Å². The lowest BCUT2D eigenvalue weighted by Gasteiger charge is -2.16. The molecular formula is C13H19N3O2. The maximum atomic E-state index is 11.5. The van der Waals surface area contributed by atoms with E-state index in [4.69, 9.17) is 10.6 Å². The number of carbonyl (C=O) groups is 1. The summed E-state index contributed by atoms with van der Waals surface area (Å²) in [6.45, 7) is 1.44. The molecule has 0 aromatic heterocycles. The van der Waals surface area contributed by atoms with Gasteiger partial charge in [0.15, 0.2) is 0 Å². The zero-order chi connectivity index (χ0) is 13.0. The number of hydrazine groups is 1. The third kappa shape index (κ3) is 3.21. The van der Waals surface area contributed by atoms with Crippen LogP contribution < -0.4 is 16.0 Å². The highest BCUT2D eigenvalue weighted by Crippen LogP contribution is 2.25. The number of para-hydroxylation sites is 1. The van der Waals surface area contributed by atoms with Crippen LogP contribution in [0.15, 0.2) is 24.3 Å². The van der Waals surface area contributed by atoms with Crippen molar-refractivity contribution in [2.24, 2.45) is 5.84 Å². The first-order valence-electron chi connectivity index (χ1n) is 6.15. The molecule has 1 fully saturated rings. The van der Waals surface area contributed by atoms with Crippen LogP contribution in [0.3, 0.4) is 0 Å². The second-order valence-electron chi connectivity index (χ2n) is 4.53. The van der Waals surface area contributed by atoms with Gasteiger partial charge in [-0.25, -0.2) is 5.84 Å². The van der Waals surface area contributed by atoms with E-state index in [0.29, 0.717) is 17.9 Å². The first kappa shape index (κ1) is 12.9. The zero-order valence-electron chi connectivity index (χ0n) is 10.6. The normalized spacial score (nSPS) is 14.6. The van der Waals surface area contributed by atoms with Crippen LogP contribution in [0.1, 0.15) is 23.2 Å². The standard InChI is InChI=1S/C13H19N3O2/c1-16(10-6-7-10)8-9-18-12-5-3-2-4-11(12)13(17)15-14/h2-5,10H,6-9,14H2,1H3,(H,15,17). The van der Waals surface area contributed by atoms with Crippen molar-refractivity contribution in [1.82, 2.24) is 10.3 Å². The van der Waals surface area contributed by atoms with Gasteiger partial charge >= 0.3 is 0 Å². The Kier molecular flexibility index (Phi) is 4.17. The molecule has 1 saturated carbocycles. The maximum Gasteiger partial charge on any atom is 0.268 e. The second kappa shape index (κ2) is 5.84. The van der Waals surface area contributed by atoms with E-state index in [1.807, 2.05) is 6.07 Å². The Balaban J connectivity index is 1.89. The van der Waals surface area contributed by atoms with Gasteiger partial charge in [0.1, 0.15) is 12.4 Å². The molecule has 1 aliphatic carbocycles. The highest BCUT2D eigenvalue weighted by Gasteiger charge is 2.25. The highest BCUT2D eigenvalue weighted by molar-refractivity contribution is 5.96. The summed E-state index contributed by atoms with van der Waals surface area (Å²) in [7, 11) is 2.10. The van der Waals surface area contributed by atoms with Crippen LogP contribution in [-0.2, 0) is 0 Å². The van der Waals surface area contributed by atoms with Crippen LogP contribution in [0, 0.1) is 0 Å². The van der Waals surface area contributed by atoms with Gasteiger partial charge in [0.2, 0.25) is 0 Å². The number of rotatable bonds is 6. The fourth-order valence-electron chi connectivity index (χ4n) is 1.86. The molecule has 1 aliphatic rings. The van der Waals surface area contributed by atoms with E-state index < -0.39 is 0 Å². The van der Waals surface area contributed by atoms with Crippen molar-refractivity contribution in [3.05, 3.63) is 29.8 Å². The van der Waals surface area contributed by atoms with Gasteiger partial charge in [-0.1, -0.05) is 12.1 Å². The quantitative estimate of drug-likeness (QED) is 0.444. The van der Waals surface area contributed by atoms with Gasteiger partial charge in [-0.3, -0.25) is 10.2 Å². The number of hydrogen-bond acceptors (Lipinski definition) is 4. The van der Waals surface area contributed by atoms with Gasteiger partial charge in [0.05, 0.1) is 5.56 Å². The smallest absolute Gasteiger partial charge is 0.268 e. The summed E-state index contributed by atoms with van der Waals surface area (Å²) in [5.41, 5.74) is 2.59. The zero-order valence-corrected chi connectivity index (χ0v) is 10.6. The van der Waals surface area contributed by atoms with Gasteiger partial charge in [0.25, 0.3) is 5.91 Å². The number of carbonyl (C=O) groups excluding carboxylic acids is 1. The van der Waals surface area contributed by atoms with Crippen molar-refractivity contribution in [3.8, 4) is 5.75 Å². The molecule has 0 saturated heterocycles. The Morgan fingerprint density at radius 3 is 2.89 bits per heavy atom. The average Bonchev–Trinajstić information content (AvgIpc) is 3.22. The van der Waals surface area contributed by atoms with Crippen LogP contribution in [-0.4, -0.2) is 37.0 Å². The Hall–Kier alpha value is -1.59. The number of likely N-dealkylation sites (N-methyl/N-ethyl adjacent to an activating group) is 1. The largest absolute Gasteiger partial charge is 0.491 e. The number of nitrogen functional groups attached to an aromatic ring is 1. The number of nitrogens with two attached hydrogens (primary N) is 1. The summed E-state index contributed by atoms with van der Waals surface area (Å²) in [5, 5.41) is 0. The van der Waals surface area contributed by atoms with Gasteiger partial charge < -0.3 is 9.64 Å². The topological polar surface area (TPSA) is 67.6 Å². The molecule has 0 aliphatic heterocycles. The number of benzene rings is 1. The first-order chi connectivity index (χ1) is 8.72. The predicted molar refractivity (Wildman–Crippen MR) is 69.2 cm³/mol. The van der Waals surface area contributed by atoms with E-state index in [9.17, 15) is 4.79 Å². The highest BCUT2D eigenvalue weighted by atomic mass is 16.5. The van der Waals surface area contributed by atoms with E-state index in [-0.39, 0.29) is 5.91 Å². The summed E-state index contributed by atoms with van der Waals surface area (Å²) >= 11 is 0. The Morgan fingerprint density at radius 1 is 1.50 bits per heavy atom. The third-order valence-corrected chi connectivity index (χ3v) is 3.13. The molecule has 5 heteroatoms. The van der Waals surface area contributed by atoms with Crippen LogP contribution in [0.4, 0.5) is 0 Å². The molecule has 5 nitrogen and oxygen atoms in total. The van der Waals surface area contributed by atoms with Crippen molar-refractivity contribution >= 4 is 5.91 Å². The van der Waals surface area contributed by atoms with Crippen LogP contribution in [0.5, 0.6) is 5.75 Å². The molecule has 0 radical (unpaired) electrons. The average molecular weight is 249 g/mol. The minimum atomic E-state index is -0.332. The third-order valence-electron chi connectivity index (χ3n) is 3.13. The van der Waals surface area contributed by atoms with Crippen molar-refractivity contribution in [3.63, 3.8) is 0 Å². The van der Waals surface area contributed by atoms with Gasteiger partial charge in [-0.15, -0.1) is 0 Å². The van der Waals surface area contributed by atoms with Crippen LogP contribution >= 0.6 is 0 Å². The van der Waals surface area contributed by atoms with Crippen LogP contribution in [0.25, 0.3) is 0 Å². The number of nitrogens with zero attached hydrogens (tertiary/aromatic N) is 1. The fourth-order valence-corrected chi connectivity index (χ4v) is 1.86. The number of amides is 1. The van der Waals surface area contributed by atoms with Gasteiger partial charge in [-0.2, -0.15) is 0 Å². The Labute approximate surface area is 107 Å². The molecule has 98 valence electrons. The first-order valence-corrected chi connectivity index (χ1v) is 6.15. The summed E-state index contributed by atoms with van der Waals surface area (Å²) in [6, 6.07) is 7.82. The monoisotopic (exact) mass is 249 g/mol. The van der Waals surface area contributed by atoms with Crippen molar-refractivity contribution < 1.29 is 9.53 Å². The molecular weight excluding hydrogens is 230 g/mol. The molecule has 1 aromatic carbocycles. The molecule has 3 N–H and O–H groups in total. The summed E-state index contributed by atoms with van der Waals surface area (Å²) < 4.78 is 5.65. The molecule has 2 rings (SSSR count). The molecule has 1 aromatic rings.